The molecule has 2 aromatic rings. The lowest BCUT2D eigenvalue weighted by atomic mass is 9.95. The third kappa shape index (κ3) is 5.37. The summed E-state index contributed by atoms with van der Waals surface area (Å²) >= 11 is 7.35. The van der Waals surface area contributed by atoms with E-state index in [0.717, 1.165) is 43.9 Å². The Balaban J connectivity index is 1.61. The second kappa shape index (κ2) is 10.2. The monoisotopic (exact) mass is 415 g/mol. The summed E-state index contributed by atoms with van der Waals surface area (Å²) in [6, 6.07) is 20.6. The van der Waals surface area contributed by atoms with Crippen LogP contribution in [0.5, 0.6) is 0 Å². The first-order valence-corrected chi connectivity index (χ1v) is 10.4. The summed E-state index contributed by atoms with van der Waals surface area (Å²) in [5, 5.41) is 0. The molecule has 1 amide bonds. The molecule has 1 saturated heterocycles. The minimum absolute atomic E-state index is 0.00698. The number of rotatable bonds is 8. The second-order valence-corrected chi connectivity index (χ2v) is 8.07. The maximum absolute atomic E-state index is 11.6. The van der Waals surface area contributed by atoms with Crippen LogP contribution in [0.25, 0.3) is 0 Å². The lowest BCUT2D eigenvalue weighted by Crippen LogP contribution is -2.54. The van der Waals surface area contributed by atoms with E-state index in [1.807, 2.05) is 36.4 Å². The van der Waals surface area contributed by atoms with E-state index in [1.165, 1.54) is 0 Å². The number of halogens is 1. The van der Waals surface area contributed by atoms with Gasteiger partial charge in [0.15, 0.2) is 0 Å². The summed E-state index contributed by atoms with van der Waals surface area (Å²) < 4.78 is 5.52. The SMILES string of the molecule is CN(C)C(=O)COCCN1CCN(C(Cl)(c2ccccc2)c2ccccc2)CC1. The molecule has 0 radical (unpaired) electrons. The van der Waals surface area contributed by atoms with Crippen LogP contribution in [0.15, 0.2) is 60.7 Å². The van der Waals surface area contributed by atoms with E-state index in [0.29, 0.717) is 6.61 Å². The first-order chi connectivity index (χ1) is 14.0. The summed E-state index contributed by atoms with van der Waals surface area (Å²) in [6.45, 7) is 5.08. The summed E-state index contributed by atoms with van der Waals surface area (Å²) in [5.41, 5.74) is 2.18. The average Bonchev–Trinajstić information content (AvgIpc) is 2.77. The summed E-state index contributed by atoms with van der Waals surface area (Å²) in [6.07, 6.45) is 0. The molecule has 0 spiro atoms. The number of alkyl halides is 1. The minimum atomic E-state index is -0.677. The Kier molecular flexibility index (Phi) is 7.67. The van der Waals surface area contributed by atoms with Crippen LogP contribution in [0.3, 0.4) is 0 Å². The quantitative estimate of drug-likeness (QED) is 0.377. The zero-order valence-electron chi connectivity index (χ0n) is 17.3. The molecule has 3 rings (SSSR count). The maximum atomic E-state index is 11.6. The van der Waals surface area contributed by atoms with Crippen molar-refractivity contribution in [1.82, 2.24) is 14.7 Å². The zero-order chi connectivity index (χ0) is 20.7. The van der Waals surface area contributed by atoms with Gasteiger partial charge < -0.3 is 9.64 Å². The third-order valence-corrected chi connectivity index (χ3v) is 6.07. The number of piperazine rings is 1. The Morgan fingerprint density at radius 2 is 1.48 bits per heavy atom. The molecule has 1 heterocycles. The maximum Gasteiger partial charge on any atom is 0.248 e. The molecule has 6 heteroatoms. The molecule has 0 N–H and O–H groups in total. The number of nitrogens with zero attached hydrogens (tertiary/aromatic N) is 3. The molecule has 0 atom stereocenters. The molecule has 1 aliphatic heterocycles. The highest BCUT2D eigenvalue weighted by atomic mass is 35.5. The Bertz CT molecular complexity index is 723. The van der Waals surface area contributed by atoms with Crippen molar-refractivity contribution in [3.63, 3.8) is 0 Å². The third-order valence-electron chi connectivity index (χ3n) is 5.40. The van der Waals surface area contributed by atoms with Crippen LogP contribution in [0.4, 0.5) is 0 Å². The minimum Gasteiger partial charge on any atom is -0.370 e. The van der Waals surface area contributed by atoms with Crippen molar-refractivity contribution >= 4 is 17.5 Å². The van der Waals surface area contributed by atoms with E-state index in [1.54, 1.807) is 19.0 Å². The first-order valence-electron chi connectivity index (χ1n) is 10.1. The van der Waals surface area contributed by atoms with Crippen molar-refractivity contribution in [1.29, 1.82) is 0 Å². The molecule has 5 nitrogen and oxygen atoms in total. The van der Waals surface area contributed by atoms with Crippen molar-refractivity contribution < 1.29 is 9.53 Å². The number of carbonyl (C=O) groups excluding carboxylic acids is 1. The fourth-order valence-corrected chi connectivity index (χ4v) is 4.03. The predicted octanol–water partition coefficient (Wildman–Crippen LogP) is 2.85. The molecule has 2 aromatic carbocycles. The standard InChI is InChI=1S/C23H30ClN3O2/c1-25(2)22(28)19-29-18-17-26-13-15-27(16-14-26)23(24,20-9-5-3-6-10-20)21-11-7-4-8-12-21/h3-12H,13-19H2,1-2H3. The number of ether oxygens (including phenoxy) is 1. The summed E-state index contributed by atoms with van der Waals surface area (Å²) in [4.78, 5) is 17.2. The highest BCUT2D eigenvalue weighted by molar-refractivity contribution is 6.25. The Labute approximate surface area is 178 Å². The van der Waals surface area contributed by atoms with Crippen molar-refractivity contribution in [3.8, 4) is 0 Å². The molecular weight excluding hydrogens is 386 g/mol. The predicted molar refractivity (Wildman–Crippen MR) is 117 cm³/mol. The smallest absolute Gasteiger partial charge is 0.248 e. The molecule has 0 saturated carbocycles. The van der Waals surface area contributed by atoms with Crippen LogP contribution in [0.1, 0.15) is 11.1 Å². The van der Waals surface area contributed by atoms with Gasteiger partial charge in [-0.1, -0.05) is 72.3 Å². The van der Waals surface area contributed by atoms with Gasteiger partial charge >= 0.3 is 0 Å². The second-order valence-electron chi connectivity index (χ2n) is 7.52. The van der Waals surface area contributed by atoms with Crippen LogP contribution in [0.2, 0.25) is 0 Å². The van der Waals surface area contributed by atoms with Gasteiger partial charge in [-0.15, -0.1) is 0 Å². The highest BCUT2D eigenvalue weighted by Gasteiger charge is 2.39. The van der Waals surface area contributed by atoms with Crippen LogP contribution in [-0.4, -0.2) is 80.6 Å². The number of carbonyl (C=O) groups is 1. The summed E-state index contributed by atoms with van der Waals surface area (Å²) in [5.74, 6) is -0.00698. The molecule has 0 aliphatic carbocycles. The zero-order valence-corrected chi connectivity index (χ0v) is 18.0. The molecule has 1 fully saturated rings. The van der Waals surface area contributed by atoms with Crippen LogP contribution in [-0.2, 0) is 14.5 Å². The largest absolute Gasteiger partial charge is 0.370 e. The van der Waals surface area contributed by atoms with Gasteiger partial charge in [0.05, 0.1) is 6.61 Å². The fraction of sp³-hybridized carbons (Fsp3) is 0.435. The van der Waals surface area contributed by atoms with E-state index >= 15 is 0 Å². The number of likely N-dealkylation sites (N-methyl/N-ethyl adjacent to an activating group) is 1. The summed E-state index contributed by atoms with van der Waals surface area (Å²) in [7, 11) is 3.48. The molecule has 0 aromatic heterocycles. The molecule has 1 aliphatic rings. The Morgan fingerprint density at radius 1 is 0.966 bits per heavy atom. The van der Waals surface area contributed by atoms with Crippen molar-refractivity contribution in [3.05, 3.63) is 71.8 Å². The Morgan fingerprint density at radius 3 is 1.97 bits per heavy atom. The van der Waals surface area contributed by atoms with Crippen molar-refractivity contribution in [2.75, 3.05) is 60.0 Å². The number of amides is 1. The molecule has 0 bridgehead atoms. The van der Waals surface area contributed by atoms with Gasteiger partial charge in [0.2, 0.25) is 5.91 Å². The van der Waals surface area contributed by atoms with Crippen LogP contribution in [0, 0.1) is 0 Å². The van der Waals surface area contributed by atoms with E-state index in [2.05, 4.69) is 34.1 Å². The number of hydrogen-bond acceptors (Lipinski definition) is 4. The van der Waals surface area contributed by atoms with E-state index < -0.39 is 5.00 Å². The fourth-order valence-electron chi connectivity index (χ4n) is 3.61. The van der Waals surface area contributed by atoms with Crippen LogP contribution >= 0.6 is 11.6 Å². The van der Waals surface area contributed by atoms with Crippen molar-refractivity contribution in [2.24, 2.45) is 0 Å². The van der Waals surface area contributed by atoms with Gasteiger partial charge in [0.1, 0.15) is 11.6 Å². The molecular formula is C23H30ClN3O2. The Hall–Kier alpha value is -1.92. The first kappa shape index (κ1) is 21.8. The van der Waals surface area contributed by atoms with Gasteiger partial charge in [-0.3, -0.25) is 14.6 Å². The van der Waals surface area contributed by atoms with Gasteiger partial charge in [-0.25, -0.2) is 0 Å². The molecule has 29 heavy (non-hydrogen) atoms. The topological polar surface area (TPSA) is 36.0 Å². The van der Waals surface area contributed by atoms with Crippen LogP contribution < -0.4 is 0 Å². The van der Waals surface area contributed by atoms with E-state index in [9.17, 15) is 4.79 Å². The number of benzene rings is 2. The lowest BCUT2D eigenvalue weighted by molar-refractivity contribution is -0.133. The van der Waals surface area contributed by atoms with E-state index in [4.69, 9.17) is 16.3 Å². The molecule has 0 unspecified atom stereocenters. The highest BCUT2D eigenvalue weighted by Crippen LogP contribution is 2.40. The normalized spacial score (nSPS) is 16.0. The van der Waals surface area contributed by atoms with Gasteiger partial charge in [-0.05, 0) is 11.1 Å². The van der Waals surface area contributed by atoms with Gasteiger partial charge in [0.25, 0.3) is 0 Å². The average molecular weight is 416 g/mol. The van der Waals surface area contributed by atoms with Gasteiger partial charge in [-0.2, -0.15) is 0 Å². The van der Waals surface area contributed by atoms with Gasteiger partial charge in [0, 0.05) is 46.8 Å². The lowest BCUT2D eigenvalue weighted by Gasteiger charge is -2.44. The van der Waals surface area contributed by atoms with E-state index in [-0.39, 0.29) is 12.5 Å². The van der Waals surface area contributed by atoms with Crippen molar-refractivity contribution in [2.45, 2.75) is 5.00 Å². The molecule has 156 valence electrons. The number of hydrogen-bond donors (Lipinski definition) is 0.